The highest BCUT2D eigenvalue weighted by Gasteiger charge is 2.15. The monoisotopic (exact) mass is 219 g/mol. The van der Waals surface area contributed by atoms with Gasteiger partial charge in [0.05, 0.1) is 7.11 Å². The molecule has 0 bridgehead atoms. The summed E-state index contributed by atoms with van der Waals surface area (Å²) in [5.74, 6) is 1.03. The lowest BCUT2D eigenvalue weighted by Gasteiger charge is -2.24. The number of benzene rings is 1. The molecule has 1 unspecified atom stereocenters. The van der Waals surface area contributed by atoms with Crippen LogP contribution in [0.2, 0.25) is 0 Å². The Labute approximate surface area is 98.0 Å². The number of hydrogen-bond donors (Lipinski definition) is 1. The number of aryl methyl sites for hydroxylation is 1. The topological polar surface area (TPSA) is 21.3 Å². The molecular weight excluding hydrogens is 198 g/mol. The van der Waals surface area contributed by atoms with Gasteiger partial charge in [0.2, 0.25) is 0 Å². The van der Waals surface area contributed by atoms with E-state index >= 15 is 0 Å². The Balaban J connectivity index is 2.09. The van der Waals surface area contributed by atoms with Crippen LogP contribution in [0.1, 0.15) is 30.4 Å². The third-order valence-electron chi connectivity index (χ3n) is 3.31. The van der Waals surface area contributed by atoms with Gasteiger partial charge in [0, 0.05) is 6.04 Å². The van der Waals surface area contributed by atoms with E-state index in [-0.39, 0.29) is 0 Å². The molecule has 1 atom stereocenters. The summed E-state index contributed by atoms with van der Waals surface area (Å²) in [6.45, 7) is 3.30. The first-order valence-corrected chi connectivity index (χ1v) is 6.16. The summed E-state index contributed by atoms with van der Waals surface area (Å²) >= 11 is 0. The molecule has 1 aliphatic rings. The zero-order valence-corrected chi connectivity index (χ0v) is 10.3. The van der Waals surface area contributed by atoms with Crippen molar-refractivity contribution in [3.63, 3.8) is 0 Å². The number of nitrogens with one attached hydrogen (secondary N) is 1. The second-order valence-electron chi connectivity index (χ2n) is 4.67. The zero-order valence-electron chi connectivity index (χ0n) is 10.3. The van der Waals surface area contributed by atoms with E-state index in [9.17, 15) is 0 Å². The zero-order chi connectivity index (χ0) is 11.4. The van der Waals surface area contributed by atoms with E-state index in [1.54, 1.807) is 7.11 Å². The first kappa shape index (κ1) is 11.5. The molecule has 1 aliphatic heterocycles. The maximum absolute atomic E-state index is 5.41. The Morgan fingerprint density at radius 1 is 1.38 bits per heavy atom. The average molecular weight is 219 g/mol. The Morgan fingerprint density at radius 3 is 2.94 bits per heavy atom. The van der Waals surface area contributed by atoms with E-state index in [0.717, 1.165) is 12.2 Å². The van der Waals surface area contributed by atoms with Gasteiger partial charge in [-0.2, -0.15) is 0 Å². The van der Waals surface area contributed by atoms with Gasteiger partial charge in [0.25, 0.3) is 0 Å². The summed E-state index contributed by atoms with van der Waals surface area (Å²) < 4.78 is 5.41. The Hall–Kier alpha value is -1.02. The van der Waals surface area contributed by atoms with E-state index in [1.807, 2.05) is 0 Å². The van der Waals surface area contributed by atoms with Crippen LogP contribution in [0.5, 0.6) is 5.75 Å². The second kappa shape index (κ2) is 5.35. The summed E-state index contributed by atoms with van der Waals surface area (Å²) in [6.07, 6.45) is 5.05. The highest BCUT2D eigenvalue weighted by Crippen LogP contribution is 2.23. The molecule has 1 aromatic carbocycles. The number of rotatable bonds is 3. The molecule has 0 radical (unpaired) electrons. The smallest absolute Gasteiger partial charge is 0.122 e. The van der Waals surface area contributed by atoms with Crippen molar-refractivity contribution in [1.29, 1.82) is 0 Å². The van der Waals surface area contributed by atoms with E-state index in [4.69, 9.17) is 4.74 Å². The molecule has 1 saturated heterocycles. The van der Waals surface area contributed by atoms with Crippen molar-refractivity contribution in [3.8, 4) is 5.75 Å². The van der Waals surface area contributed by atoms with Gasteiger partial charge >= 0.3 is 0 Å². The number of piperidine rings is 1. The lowest BCUT2D eigenvalue weighted by Crippen LogP contribution is -2.35. The fraction of sp³-hybridized carbons (Fsp3) is 0.571. The fourth-order valence-corrected chi connectivity index (χ4v) is 2.43. The summed E-state index contributed by atoms with van der Waals surface area (Å²) in [7, 11) is 1.75. The summed E-state index contributed by atoms with van der Waals surface area (Å²) in [5, 5.41) is 3.58. The third-order valence-corrected chi connectivity index (χ3v) is 3.31. The maximum Gasteiger partial charge on any atom is 0.122 e. The molecule has 1 fully saturated rings. The molecule has 2 nitrogen and oxygen atoms in total. The third kappa shape index (κ3) is 2.76. The minimum Gasteiger partial charge on any atom is -0.496 e. The fourth-order valence-electron chi connectivity index (χ4n) is 2.43. The van der Waals surface area contributed by atoms with E-state index < -0.39 is 0 Å². The predicted octanol–water partition coefficient (Wildman–Crippen LogP) is 2.69. The number of hydrogen-bond acceptors (Lipinski definition) is 2. The molecule has 88 valence electrons. The van der Waals surface area contributed by atoms with Crippen molar-refractivity contribution in [2.75, 3.05) is 13.7 Å². The molecule has 0 saturated carbocycles. The minimum atomic E-state index is 0.629. The van der Waals surface area contributed by atoms with Crippen LogP contribution >= 0.6 is 0 Å². The van der Waals surface area contributed by atoms with E-state index in [1.165, 1.54) is 36.9 Å². The van der Waals surface area contributed by atoms with E-state index in [2.05, 4.69) is 30.4 Å². The first-order chi connectivity index (χ1) is 7.79. The van der Waals surface area contributed by atoms with Crippen molar-refractivity contribution < 1.29 is 4.74 Å². The Kier molecular flexibility index (Phi) is 3.83. The van der Waals surface area contributed by atoms with Gasteiger partial charge in [0.1, 0.15) is 5.75 Å². The standard InChI is InChI=1S/C14H21NO/c1-11-6-7-14(16-2)12(9-11)10-13-5-3-4-8-15-13/h6-7,9,13,15H,3-5,8,10H2,1-2H3. The van der Waals surface area contributed by atoms with Crippen molar-refractivity contribution in [3.05, 3.63) is 29.3 Å². The molecule has 0 amide bonds. The first-order valence-electron chi connectivity index (χ1n) is 6.16. The van der Waals surface area contributed by atoms with E-state index in [0.29, 0.717) is 6.04 Å². The molecule has 2 rings (SSSR count). The SMILES string of the molecule is COc1ccc(C)cc1CC1CCCCN1. The molecule has 2 heteroatoms. The summed E-state index contributed by atoms with van der Waals surface area (Å²) in [6, 6.07) is 7.06. The van der Waals surface area contributed by atoms with Crippen molar-refractivity contribution in [1.82, 2.24) is 5.32 Å². The molecule has 0 spiro atoms. The largest absolute Gasteiger partial charge is 0.496 e. The van der Waals surface area contributed by atoms with Gasteiger partial charge in [-0.3, -0.25) is 0 Å². The predicted molar refractivity (Wildman–Crippen MR) is 67.1 cm³/mol. The van der Waals surface area contributed by atoms with Gasteiger partial charge < -0.3 is 10.1 Å². The summed E-state index contributed by atoms with van der Waals surface area (Å²) in [5.41, 5.74) is 2.65. The van der Waals surface area contributed by atoms with Crippen LogP contribution in [0.15, 0.2) is 18.2 Å². The van der Waals surface area contributed by atoms with Crippen LogP contribution in [-0.2, 0) is 6.42 Å². The number of ether oxygens (including phenoxy) is 1. The molecular formula is C14H21NO. The number of methoxy groups -OCH3 is 1. The highest BCUT2D eigenvalue weighted by atomic mass is 16.5. The molecule has 1 heterocycles. The minimum absolute atomic E-state index is 0.629. The van der Waals surface area contributed by atoms with Crippen molar-refractivity contribution >= 4 is 0 Å². The van der Waals surface area contributed by atoms with Gasteiger partial charge in [-0.1, -0.05) is 24.1 Å². The molecule has 16 heavy (non-hydrogen) atoms. The van der Waals surface area contributed by atoms with Crippen LogP contribution < -0.4 is 10.1 Å². The van der Waals surface area contributed by atoms with Crippen LogP contribution in [0.25, 0.3) is 0 Å². The molecule has 1 aromatic rings. The van der Waals surface area contributed by atoms with Crippen molar-refractivity contribution in [2.24, 2.45) is 0 Å². The summed E-state index contributed by atoms with van der Waals surface area (Å²) in [4.78, 5) is 0. The quantitative estimate of drug-likeness (QED) is 0.844. The lowest BCUT2D eigenvalue weighted by atomic mass is 9.96. The van der Waals surface area contributed by atoms with Gasteiger partial charge in [-0.25, -0.2) is 0 Å². The van der Waals surface area contributed by atoms with Crippen molar-refractivity contribution in [2.45, 2.75) is 38.6 Å². The highest BCUT2D eigenvalue weighted by molar-refractivity contribution is 5.37. The van der Waals surface area contributed by atoms with Crippen LogP contribution in [0.4, 0.5) is 0 Å². The average Bonchev–Trinajstić information content (AvgIpc) is 2.31. The van der Waals surface area contributed by atoms with Gasteiger partial charge in [0.15, 0.2) is 0 Å². The molecule has 0 aromatic heterocycles. The van der Waals surface area contributed by atoms with Crippen LogP contribution in [0, 0.1) is 6.92 Å². The lowest BCUT2D eigenvalue weighted by molar-refractivity contribution is 0.381. The molecule has 1 N–H and O–H groups in total. The van der Waals surface area contributed by atoms with Gasteiger partial charge in [-0.15, -0.1) is 0 Å². The van der Waals surface area contributed by atoms with Crippen LogP contribution in [0.3, 0.4) is 0 Å². The van der Waals surface area contributed by atoms with Gasteiger partial charge in [-0.05, 0) is 44.4 Å². The second-order valence-corrected chi connectivity index (χ2v) is 4.67. The Morgan fingerprint density at radius 2 is 2.25 bits per heavy atom. The normalized spacial score (nSPS) is 20.8. The maximum atomic E-state index is 5.41. The van der Waals surface area contributed by atoms with Crippen LogP contribution in [-0.4, -0.2) is 19.7 Å². The molecule has 0 aliphatic carbocycles. The Bertz CT molecular complexity index is 343.